The highest BCUT2D eigenvalue weighted by Gasteiger charge is 2.22. The first-order valence-corrected chi connectivity index (χ1v) is 17.4. The summed E-state index contributed by atoms with van der Waals surface area (Å²) in [4.78, 5) is 45.0. The third kappa shape index (κ3) is 7.00. The fraction of sp³-hybridized carbons (Fsp3) is 0.385. The number of amides is 2. The highest BCUT2D eigenvalue weighted by Crippen LogP contribution is 2.43. The van der Waals surface area contributed by atoms with Crippen LogP contribution in [0.1, 0.15) is 83.4 Å². The van der Waals surface area contributed by atoms with Crippen molar-refractivity contribution in [2.24, 2.45) is 0 Å². The van der Waals surface area contributed by atoms with E-state index in [4.69, 9.17) is 4.74 Å². The van der Waals surface area contributed by atoms with Crippen LogP contribution in [-0.2, 0) is 29.3 Å². The van der Waals surface area contributed by atoms with Gasteiger partial charge in [-0.25, -0.2) is 9.97 Å². The van der Waals surface area contributed by atoms with E-state index in [-0.39, 0.29) is 11.8 Å². The van der Waals surface area contributed by atoms with Crippen LogP contribution in [0.5, 0.6) is 5.75 Å². The van der Waals surface area contributed by atoms with E-state index in [1.54, 1.807) is 0 Å². The lowest BCUT2D eigenvalue weighted by molar-refractivity contribution is -0.132. The molecule has 9 heteroatoms. The topological polar surface area (TPSA) is 107 Å². The van der Waals surface area contributed by atoms with E-state index >= 15 is 0 Å². The summed E-state index contributed by atoms with van der Waals surface area (Å²) in [5.74, 6) is 2.82. The molecule has 5 aromatic rings. The lowest BCUT2D eigenvalue weighted by Gasteiger charge is -2.23. The smallest absolute Gasteiger partial charge is 0.222 e. The maximum Gasteiger partial charge on any atom is 0.222 e. The minimum atomic E-state index is 0.173. The molecule has 9 nitrogen and oxygen atoms in total. The SMILES string of the molecule is CCCC(=O)N(CCC)Cc1ncc(-c2ccc3c(c2)COc2c-3ccc3cc(-c4cnc(CN(CCC)C(=O)CCC)[nH]4)ccc23)[nH]1. The first-order chi connectivity index (χ1) is 23.4. The number of ether oxygens (including phenoxy) is 1. The highest BCUT2D eigenvalue weighted by molar-refractivity contribution is 5.98. The van der Waals surface area contributed by atoms with Gasteiger partial charge in [0.05, 0.1) is 36.9 Å². The molecule has 2 N–H and O–H groups in total. The van der Waals surface area contributed by atoms with Crippen LogP contribution in [0.25, 0.3) is 44.4 Å². The Labute approximate surface area is 282 Å². The molecule has 0 saturated heterocycles. The summed E-state index contributed by atoms with van der Waals surface area (Å²) >= 11 is 0. The van der Waals surface area contributed by atoms with Crippen LogP contribution in [-0.4, -0.2) is 54.6 Å². The number of hydrogen-bond donors (Lipinski definition) is 2. The Bertz CT molecular complexity index is 1910. The summed E-state index contributed by atoms with van der Waals surface area (Å²) < 4.78 is 6.42. The zero-order valence-corrected chi connectivity index (χ0v) is 28.6. The predicted octanol–water partition coefficient (Wildman–Crippen LogP) is 8.26. The number of H-pyrrole nitrogens is 2. The molecule has 1 aliphatic rings. The summed E-state index contributed by atoms with van der Waals surface area (Å²) in [5.41, 5.74) is 7.30. The Morgan fingerprint density at radius 1 is 0.708 bits per heavy atom. The Hall–Kier alpha value is -4.92. The summed E-state index contributed by atoms with van der Waals surface area (Å²) in [7, 11) is 0. The third-order valence-corrected chi connectivity index (χ3v) is 8.92. The molecule has 0 spiro atoms. The molecule has 0 radical (unpaired) electrons. The molecule has 0 aliphatic carbocycles. The van der Waals surface area contributed by atoms with Crippen molar-refractivity contribution >= 4 is 22.6 Å². The zero-order chi connectivity index (χ0) is 33.6. The summed E-state index contributed by atoms with van der Waals surface area (Å²) in [5, 5.41) is 2.16. The molecule has 0 unspecified atom stereocenters. The predicted molar refractivity (Wildman–Crippen MR) is 190 cm³/mol. The molecule has 6 rings (SSSR count). The van der Waals surface area contributed by atoms with Crippen molar-refractivity contribution < 1.29 is 14.3 Å². The molecule has 2 amide bonds. The number of aromatic amines is 2. The average molecular weight is 647 g/mol. The van der Waals surface area contributed by atoms with Crippen molar-refractivity contribution in [3.63, 3.8) is 0 Å². The molecule has 250 valence electrons. The zero-order valence-electron chi connectivity index (χ0n) is 28.6. The Balaban J connectivity index is 1.20. The van der Waals surface area contributed by atoms with E-state index in [1.165, 1.54) is 0 Å². The first-order valence-electron chi connectivity index (χ1n) is 17.4. The van der Waals surface area contributed by atoms with Crippen molar-refractivity contribution in [2.45, 2.75) is 85.9 Å². The number of aromatic nitrogens is 4. The standard InChI is InChI=1S/C39H46N6O3/c1-5-9-37(46)44(17-7-3)23-35-40-21-33(42-35)27-13-15-31-26(19-27)11-16-32-30-14-12-28(20-29(30)25-48-39(31)32)34-22-41-36(43-34)24-45(18-8-4)38(47)10-6-2/h11-16,19-22H,5-10,17-18,23-25H2,1-4H3,(H,40,42)(H,41,43). The molecule has 3 aromatic carbocycles. The lowest BCUT2D eigenvalue weighted by Crippen LogP contribution is -2.31. The van der Waals surface area contributed by atoms with E-state index in [0.717, 1.165) is 106 Å². The van der Waals surface area contributed by atoms with Gasteiger partial charge in [0.25, 0.3) is 0 Å². The van der Waals surface area contributed by atoms with Crippen LogP contribution < -0.4 is 4.74 Å². The van der Waals surface area contributed by atoms with Gasteiger partial charge in [-0.05, 0) is 66.0 Å². The number of rotatable bonds is 14. The van der Waals surface area contributed by atoms with Crippen molar-refractivity contribution in [3.8, 4) is 39.4 Å². The molecular formula is C39H46N6O3. The normalized spacial score (nSPS) is 12.0. The second-order valence-corrected chi connectivity index (χ2v) is 12.7. The van der Waals surface area contributed by atoms with Crippen LogP contribution in [0.3, 0.4) is 0 Å². The van der Waals surface area contributed by atoms with Crippen molar-refractivity contribution in [1.82, 2.24) is 29.7 Å². The molecule has 3 heterocycles. The molecule has 1 aliphatic heterocycles. The quantitative estimate of drug-likeness (QED) is 0.126. The van der Waals surface area contributed by atoms with E-state index in [2.05, 4.69) is 82.3 Å². The number of benzene rings is 3. The number of fused-ring (bicyclic) bond motifs is 5. The van der Waals surface area contributed by atoms with Gasteiger partial charge in [0.2, 0.25) is 11.8 Å². The van der Waals surface area contributed by atoms with Crippen LogP contribution in [0.4, 0.5) is 0 Å². The maximum atomic E-state index is 12.6. The van der Waals surface area contributed by atoms with Crippen LogP contribution in [0.15, 0.2) is 60.9 Å². The Morgan fingerprint density at radius 2 is 1.27 bits per heavy atom. The first kappa shape index (κ1) is 33.0. The molecule has 0 atom stereocenters. The minimum Gasteiger partial charge on any atom is -0.488 e. The largest absolute Gasteiger partial charge is 0.488 e. The number of carbonyl (C=O) groups is 2. The van der Waals surface area contributed by atoms with Gasteiger partial charge in [0, 0.05) is 42.4 Å². The van der Waals surface area contributed by atoms with Gasteiger partial charge in [0.1, 0.15) is 24.0 Å². The lowest BCUT2D eigenvalue weighted by atomic mass is 9.92. The average Bonchev–Trinajstić information content (AvgIpc) is 3.77. The number of hydrogen-bond acceptors (Lipinski definition) is 5. The monoisotopic (exact) mass is 646 g/mol. The van der Waals surface area contributed by atoms with Crippen molar-refractivity contribution in [1.29, 1.82) is 0 Å². The number of carbonyl (C=O) groups excluding carboxylic acids is 2. The van der Waals surface area contributed by atoms with Gasteiger partial charge in [-0.3, -0.25) is 9.59 Å². The molecule has 0 bridgehead atoms. The van der Waals surface area contributed by atoms with Crippen LogP contribution in [0.2, 0.25) is 0 Å². The van der Waals surface area contributed by atoms with Gasteiger partial charge < -0.3 is 24.5 Å². The summed E-state index contributed by atoms with van der Waals surface area (Å²) in [6, 6.07) is 17.1. The van der Waals surface area contributed by atoms with E-state index in [0.29, 0.717) is 32.5 Å². The van der Waals surface area contributed by atoms with Crippen LogP contribution in [0, 0.1) is 0 Å². The number of imidazole rings is 2. The van der Waals surface area contributed by atoms with Gasteiger partial charge in [-0.1, -0.05) is 58.0 Å². The van der Waals surface area contributed by atoms with Gasteiger partial charge in [-0.2, -0.15) is 0 Å². The molecule has 0 fully saturated rings. The fourth-order valence-electron chi connectivity index (χ4n) is 6.54. The van der Waals surface area contributed by atoms with E-state index in [1.807, 2.05) is 36.0 Å². The van der Waals surface area contributed by atoms with Crippen molar-refractivity contribution in [2.75, 3.05) is 13.1 Å². The van der Waals surface area contributed by atoms with Crippen molar-refractivity contribution in [3.05, 3.63) is 78.1 Å². The second kappa shape index (κ2) is 14.9. The van der Waals surface area contributed by atoms with E-state index in [9.17, 15) is 9.59 Å². The fourth-order valence-corrected chi connectivity index (χ4v) is 6.54. The molecule has 0 saturated carbocycles. The maximum absolute atomic E-state index is 12.6. The molecular weight excluding hydrogens is 600 g/mol. The molecule has 48 heavy (non-hydrogen) atoms. The number of nitrogens with zero attached hydrogens (tertiary/aromatic N) is 4. The number of nitrogens with one attached hydrogen (secondary N) is 2. The second-order valence-electron chi connectivity index (χ2n) is 12.7. The van der Waals surface area contributed by atoms with Gasteiger partial charge in [-0.15, -0.1) is 0 Å². The van der Waals surface area contributed by atoms with E-state index < -0.39 is 0 Å². The summed E-state index contributed by atoms with van der Waals surface area (Å²) in [6.07, 6.45) is 8.33. The summed E-state index contributed by atoms with van der Waals surface area (Å²) in [6.45, 7) is 11.1. The Morgan fingerprint density at radius 3 is 1.85 bits per heavy atom. The van der Waals surface area contributed by atoms with Crippen LogP contribution >= 0.6 is 0 Å². The van der Waals surface area contributed by atoms with Gasteiger partial charge >= 0.3 is 0 Å². The Kier molecular flexibility index (Phi) is 10.2. The third-order valence-electron chi connectivity index (χ3n) is 8.92. The highest BCUT2D eigenvalue weighted by atomic mass is 16.5. The van der Waals surface area contributed by atoms with Gasteiger partial charge in [0.15, 0.2) is 0 Å². The minimum absolute atomic E-state index is 0.173. The molecule has 2 aromatic heterocycles.